The SMILES string of the molecule is N#Cc1c[nH]c2ccc(CCCN3CCN(C4=COC=C(C5=CC=CCC5)O4)CC3)cc12. The van der Waals surface area contributed by atoms with E-state index in [1.165, 1.54) is 11.1 Å². The van der Waals surface area contributed by atoms with Crippen molar-refractivity contribution in [1.82, 2.24) is 14.8 Å². The van der Waals surface area contributed by atoms with E-state index in [1.807, 2.05) is 0 Å². The van der Waals surface area contributed by atoms with Crippen molar-refractivity contribution in [2.75, 3.05) is 32.7 Å². The Morgan fingerprint density at radius 3 is 2.84 bits per heavy atom. The zero-order chi connectivity index (χ0) is 21.8. The summed E-state index contributed by atoms with van der Waals surface area (Å²) >= 11 is 0. The van der Waals surface area contributed by atoms with Crippen LogP contribution < -0.4 is 0 Å². The summed E-state index contributed by atoms with van der Waals surface area (Å²) in [6, 6.07) is 8.65. The number of ether oxygens (including phenoxy) is 2. The fourth-order valence-corrected chi connectivity index (χ4v) is 4.52. The lowest BCUT2D eigenvalue weighted by molar-refractivity contribution is 0.0788. The van der Waals surface area contributed by atoms with E-state index in [0.717, 1.165) is 86.5 Å². The lowest BCUT2D eigenvalue weighted by Crippen LogP contribution is -2.46. The van der Waals surface area contributed by atoms with Gasteiger partial charge in [0.25, 0.3) is 0 Å². The number of nitrogens with one attached hydrogen (secondary N) is 1. The molecule has 6 nitrogen and oxygen atoms in total. The fraction of sp³-hybridized carbons (Fsp3) is 0.346. The predicted molar refractivity (Wildman–Crippen MR) is 124 cm³/mol. The molecule has 0 saturated carbocycles. The molecule has 164 valence electrons. The Balaban J connectivity index is 1.09. The molecule has 1 aromatic heterocycles. The van der Waals surface area contributed by atoms with Gasteiger partial charge in [-0.15, -0.1) is 0 Å². The van der Waals surface area contributed by atoms with Gasteiger partial charge >= 0.3 is 0 Å². The number of hydrogen-bond donors (Lipinski definition) is 1. The minimum atomic E-state index is 0.718. The molecule has 1 fully saturated rings. The number of hydrogen-bond acceptors (Lipinski definition) is 5. The predicted octanol–water partition coefficient (Wildman–Crippen LogP) is 4.55. The molecular formula is C26H28N4O2. The van der Waals surface area contributed by atoms with Gasteiger partial charge in [0.1, 0.15) is 12.3 Å². The molecule has 5 rings (SSSR count). The van der Waals surface area contributed by atoms with Gasteiger partial charge in [-0.3, -0.25) is 4.90 Å². The van der Waals surface area contributed by atoms with Gasteiger partial charge in [-0.25, -0.2) is 0 Å². The first kappa shape index (κ1) is 20.5. The third-order valence-corrected chi connectivity index (χ3v) is 6.38. The molecule has 1 N–H and O–H groups in total. The van der Waals surface area contributed by atoms with Crippen molar-refractivity contribution in [3.63, 3.8) is 0 Å². The zero-order valence-electron chi connectivity index (χ0n) is 18.2. The number of aromatic amines is 1. The van der Waals surface area contributed by atoms with Gasteiger partial charge in [-0.1, -0.05) is 24.3 Å². The first-order valence-corrected chi connectivity index (χ1v) is 11.4. The molecule has 1 aliphatic carbocycles. The monoisotopic (exact) mass is 428 g/mol. The summed E-state index contributed by atoms with van der Waals surface area (Å²) in [6.45, 7) is 4.97. The molecule has 2 aromatic rings. The summed E-state index contributed by atoms with van der Waals surface area (Å²) in [6.07, 6.45) is 15.7. The highest BCUT2D eigenvalue weighted by molar-refractivity contribution is 5.86. The number of benzene rings is 1. The van der Waals surface area contributed by atoms with E-state index < -0.39 is 0 Å². The summed E-state index contributed by atoms with van der Waals surface area (Å²) in [4.78, 5) is 7.94. The van der Waals surface area contributed by atoms with E-state index in [0.29, 0.717) is 0 Å². The van der Waals surface area contributed by atoms with Crippen LogP contribution in [0.5, 0.6) is 0 Å². The second-order valence-electron chi connectivity index (χ2n) is 8.46. The molecule has 1 saturated heterocycles. The number of rotatable bonds is 6. The second-order valence-corrected chi connectivity index (χ2v) is 8.46. The zero-order valence-corrected chi connectivity index (χ0v) is 18.2. The molecule has 6 heteroatoms. The van der Waals surface area contributed by atoms with E-state index in [9.17, 15) is 5.26 Å². The van der Waals surface area contributed by atoms with Crippen LogP contribution in [0, 0.1) is 11.3 Å². The largest absolute Gasteiger partial charge is 0.463 e. The Kier molecular flexibility index (Phi) is 6.00. The number of aryl methyl sites for hydroxylation is 1. The Morgan fingerprint density at radius 1 is 1.12 bits per heavy atom. The molecule has 0 spiro atoms. The Bertz CT molecular complexity index is 1140. The van der Waals surface area contributed by atoms with Crippen molar-refractivity contribution in [3.8, 4) is 6.07 Å². The normalized spacial score (nSPS) is 19.0. The number of aromatic nitrogens is 1. The maximum atomic E-state index is 9.25. The average Bonchev–Trinajstić information content (AvgIpc) is 3.27. The van der Waals surface area contributed by atoms with Crippen molar-refractivity contribution in [3.05, 3.63) is 83.5 Å². The van der Waals surface area contributed by atoms with E-state index in [4.69, 9.17) is 9.47 Å². The van der Waals surface area contributed by atoms with Crippen molar-refractivity contribution in [1.29, 1.82) is 5.26 Å². The smallest absolute Gasteiger partial charge is 0.231 e. The van der Waals surface area contributed by atoms with Gasteiger partial charge in [0.2, 0.25) is 5.88 Å². The van der Waals surface area contributed by atoms with Crippen molar-refractivity contribution >= 4 is 10.9 Å². The van der Waals surface area contributed by atoms with Crippen molar-refractivity contribution in [2.24, 2.45) is 0 Å². The summed E-state index contributed by atoms with van der Waals surface area (Å²) in [5.41, 5.74) is 4.22. The highest BCUT2D eigenvalue weighted by Gasteiger charge is 2.23. The van der Waals surface area contributed by atoms with E-state index in [-0.39, 0.29) is 0 Å². The number of fused-ring (bicyclic) bond motifs is 1. The number of piperazine rings is 1. The van der Waals surface area contributed by atoms with Gasteiger partial charge in [-0.05, 0) is 55.5 Å². The average molecular weight is 429 g/mol. The molecule has 0 radical (unpaired) electrons. The maximum absolute atomic E-state index is 9.25. The maximum Gasteiger partial charge on any atom is 0.231 e. The summed E-state index contributed by atoms with van der Waals surface area (Å²) in [7, 11) is 0. The van der Waals surface area contributed by atoms with Gasteiger partial charge in [0.05, 0.1) is 5.56 Å². The topological polar surface area (TPSA) is 64.5 Å². The molecule has 3 heterocycles. The van der Waals surface area contributed by atoms with Gasteiger partial charge in [0, 0.05) is 43.3 Å². The molecule has 0 amide bonds. The Hall–Kier alpha value is -3.43. The van der Waals surface area contributed by atoms with Gasteiger partial charge in [0.15, 0.2) is 12.0 Å². The van der Waals surface area contributed by atoms with Crippen LogP contribution in [0.2, 0.25) is 0 Å². The molecule has 32 heavy (non-hydrogen) atoms. The van der Waals surface area contributed by atoms with Crippen molar-refractivity contribution < 1.29 is 9.47 Å². The van der Waals surface area contributed by atoms with Crippen LogP contribution in [0.3, 0.4) is 0 Å². The number of nitriles is 1. The molecule has 0 bridgehead atoms. The second kappa shape index (κ2) is 9.37. The van der Waals surface area contributed by atoms with Crippen LogP contribution in [0.1, 0.15) is 30.4 Å². The van der Waals surface area contributed by atoms with Crippen LogP contribution >= 0.6 is 0 Å². The lowest BCUT2D eigenvalue weighted by Gasteiger charge is -2.37. The number of nitrogens with zero attached hydrogens (tertiary/aromatic N) is 3. The lowest BCUT2D eigenvalue weighted by atomic mass is 10.0. The third-order valence-electron chi connectivity index (χ3n) is 6.38. The number of H-pyrrole nitrogens is 1. The fourth-order valence-electron chi connectivity index (χ4n) is 4.52. The first-order valence-electron chi connectivity index (χ1n) is 11.4. The van der Waals surface area contributed by atoms with Gasteiger partial charge in [-0.2, -0.15) is 5.26 Å². The van der Waals surface area contributed by atoms with E-state index >= 15 is 0 Å². The molecular weight excluding hydrogens is 400 g/mol. The minimum Gasteiger partial charge on any atom is -0.463 e. The summed E-state index contributed by atoms with van der Waals surface area (Å²) in [5.74, 6) is 1.64. The van der Waals surface area contributed by atoms with Crippen LogP contribution in [-0.2, 0) is 15.9 Å². The van der Waals surface area contributed by atoms with Crippen LogP contribution in [-0.4, -0.2) is 47.5 Å². The first-order chi connectivity index (χ1) is 15.8. The van der Waals surface area contributed by atoms with E-state index in [2.05, 4.69) is 57.3 Å². The summed E-state index contributed by atoms with van der Waals surface area (Å²) in [5, 5.41) is 10.3. The molecule has 3 aliphatic rings. The standard InChI is InChI=1S/C26H28N4O2/c27-16-22-17-28-24-9-8-20(15-23(22)24)5-4-10-29-11-13-30(14-12-29)26-19-31-18-25(32-26)21-6-2-1-3-7-21/h1-2,6,8-9,15,17-19,28H,3-5,7,10-14H2. The Morgan fingerprint density at radius 2 is 2.03 bits per heavy atom. The molecule has 0 unspecified atom stereocenters. The number of allylic oxidation sites excluding steroid dienone is 4. The van der Waals surface area contributed by atoms with E-state index in [1.54, 1.807) is 18.7 Å². The molecule has 1 aromatic carbocycles. The van der Waals surface area contributed by atoms with Crippen LogP contribution in [0.4, 0.5) is 0 Å². The highest BCUT2D eigenvalue weighted by Crippen LogP contribution is 2.28. The summed E-state index contributed by atoms with van der Waals surface area (Å²) < 4.78 is 11.8. The van der Waals surface area contributed by atoms with Crippen molar-refractivity contribution in [2.45, 2.75) is 25.7 Å². The quantitative estimate of drug-likeness (QED) is 0.731. The van der Waals surface area contributed by atoms with Crippen LogP contribution in [0.15, 0.2) is 72.4 Å². The molecule has 0 atom stereocenters. The Labute approximate surface area is 188 Å². The highest BCUT2D eigenvalue weighted by atomic mass is 16.6. The molecule has 2 aliphatic heterocycles. The third kappa shape index (κ3) is 4.44. The minimum absolute atomic E-state index is 0.718. The van der Waals surface area contributed by atoms with Crippen LogP contribution in [0.25, 0.3) is 10.9 Å². The van der Waals surface area contributed by atoms with Gasteiger partial charge < -0.3 is 19.4 Å².